The Balaban J connectivity index is 0.000000246. The number of aromatic nitrogens is 2. The summed E-state index contributed by atoms with van der Waals surface area (Å²) in [6.45, 7) is 3.80. The Morgan fingerprint density at radius 2 is 0.909 bits per heavy atom. The second kappa shape index (κ2) is 14.4. The van der Waals surface area contributed by atoms with E-state index in [0.29, 0.717) is 0 Å². The molecule has 6 nitrogen and oxygen atoms in total. The third-order valence-electron chi connectivity index (χ3n) is 4.17. The first kappa shape index (κ1) is 27.3. The quantitative estimate of drug-likeness (QED) is 0.408. The first-order chi connectivity index (χ1) is 15.4. The maximum Gasteiger partial charge on any atom is 2.00 e. The SMILES string of the molecule is Cc1ccc(C(=O)[O-])cc1.Cc1ccc(C(=O)[O-])cc1.[Zn+2].c1ccc(-c2ccccn2)nc1. The summed E-state index contributed by atoms with van der Waals surface area (Å²) < 4.78 is 0. The molecule has 0 aliphatic rings. The fraction of sp³-hybridized carbons (Fsp3) is 0.0769. The molecule has 0 aliphatic heterocycles. The largest absolute Gasteiger partial charge is 2.00 e. The van der Waals surface area contributed by atoms with Crippen LogP contribution in [-0.4, -0.2) is 21.9 Å². The Bertz CT molecular complexity index is 1030. The van der Waals surface area contributed by atoms with Gasteiger partial charge in [0, 0.05) is 12.4 Å². The number of nitrogens with zero attached hydrogens (tertiary/aromatic N) is 2. The van der Waals surface area contributed by atoms with Crippen molar-refractivity contribution >= 4 is 11.9 Å². The summed E-state index contributed by atoms with van der Waals surface area (Å²) in [5, 5.41) is 20.4. The van der Waals surface area contributed by atoms with E-state index in [4.69, 9.17) is 0 Å². The van der Waals surface area contributed by atoms with Crippen LogP contribution in [0.5, 0.6) is 0 Å². The van der Waals surface area contributed by atoms with Crippen LogP contribution in [0, 0.1) is 13.8 Å². The second-order valence-electron chi connectivity index (χ2n) is 6.74. The van der Waals surface area contributed by atoms with E-state index in [1.807, 2.05) is 50.2 Å². The van der Waals surface area contributed by atoms with Gasteiger partial charge >= 0.3 is 19.5 Å². The fourth-order valence-corrected chi connectivity index (χ4v) is 2.41. The third-order valence-corrected chi connectivity index (χ3v) is 4.17. The monoisotopic (exact) mass is 490 g/mol. The van der Waals surface area contributed by atoms with Crippen molar-refractivity contribution in [2.45, 2.75) is 13.8 Å². The van der Waals surface area contributed by atoms with Gasteiger partial charge in [-0.3, -0.25) is 9.97 Å². The Hall–Kier alpha value is -3.70. The van der Waals surface area contributed by atoms with E-state index in [1.165, 1.54) is 24.3 Å². The molecule has 0 aliphatic carbocycles. The van der Waals surface area contributed by atoms with Crippen LogP contribution in [0.2, 0.25) is 0 Å². The molecule has 0 fully saturated rings. The summed E-state index contributed by atoms with van der Waals surface area (Å²) in [6.07, 6.45) is 3.54. The fourth-order valence-electron chi connectivity index (χ4n) is 2.41. The number of carbonyl (C=O) groups excluding carboxylic acids is 2. The number of pyridine rings is 2. The Kier molecular flexibility index (Phi) is 11.9. The average molecular weight is 492 g/mol. The number of benzene rings is 2. The average Bonchev–Trinajstić information content (AvgIpc) is 2.82. The van der Waals surface area contributed by atoms with Crippen LogP contribution >= 0.6 is 0 Å². The molecule has 0 bridgehead atoms. The van der Waals surface area contributed by atoms with E-state index in [2.05, 4.69) is 9.97 Å². The van der Waals surface area contributed by atoms with Crippen LogP contribution in [0.4, 0.5) is 0 Å². The smallest absolute Gasteiger partial charge is 0.545 e. The maximum atomic E-state index is 10.2. The molecule has 0 amide bonds. The minimum atomic E-state index is -1.12. The van der Waals surface area contributed by atoms with Crippen LogP contribution < -0.4 is 10.2 Å². The molecule has 0 N–H and O–H groups in total. The predicted molar refractivity (Wildman–Crippen MR) is 118 cm³/mol. The molecule has 2 aromatic carbocycles. The van der Waals surface area contributed by atoms with Gasteiger partial charge in [0.15, 0.2) is 0 Å². The summed E-state index contributed by atoms with van der Waals surface area (Å²) in [6, 6.07) is 24.7. The van der Waals surface area contributed by atoms with E-state index in [1.54, 1.807) is 36.7 Å². The molecule has 0 saturated heterocycles. The number of hydrogen-bond acceptors (Lipinski definition) is 6. The van der Waals surface area contributed by atoms with Gasteiger partial charge < -0.3 is 19.8 Å². The molecule has 0 atom stereocenters. The maximum absolute atomic E-state index is 10.2. The van der Waals surface area contributed by atoms with Crippen LogP contribution in [0.3, 0.4) is 0 Å². The number of carbonyl (C=O) groups is 2. The van der Waals surface area contributed by atoms with Crippen molar-refractivity contribution in [3.8, 4) is 11.4 Å². The normalized spacial score (nSPS) is 9.15. The van der Waals surface area contributed by atoms with Crippen molar-refractivity contribution in [3.63, 3.8) is 0 Å². The van der Waals surface area contributed by atoms with Crippen LogP contribution in [0.15, 0.2) is 97.3 Å². The van der Waals surface area contributed by atoms with Crippen molar-refractivity contribution < 1.29 is 39.3 Å². The van der Waals surface area contributed by atoms with Gasteiger partial charge in [-0.2, -0.15) is 0 Å². The summed E-state index contributed by atoms with van der Waals surface area (Å²) in [7, 11) is 0. The van der Waals surface area contributed by atoms with Gasteiger partial charge in [-0.15, -0.1) is 0 Å². The number of carboxylic acid groups (broad SMARTS) is 2. The standard InChI is InChI=1S/C10H8N2.2C8H8O2.Zn/c1-3-7-11-9(5-1)10-6-2-4-8-12-10;2*1-6-2-4-7(5-3-6)8(9)10;/h1-8H;2*2-5H,1H3,(H,9,10);/q;;;+2/p-2. The molecule has 0 unspecified atom stereocenters. The zero-order chi connectivity index (χ0) is 23.3. The van der Waals surface area contributed by atoms with Crippen LogP contribution in [-0.2, 0) is 19.5 Å². The van der Waals surface area contributed by atoms with Crippen molar-refractivity contribution in [3.05, 3.63) is 120 Å². The predicted octanol–water partition coefficient (Wildman–Crippen LogP) is 2.86. The number of aromatic carboxylic acids is 2. The molecule has 2 heterocycles. The van der Waals surface area contributed by atoms with Gasteiger partial charge in [0.2, 0.25) is 0 Å². The molecule has 0 spiro atoms. The first-order valence-corrected chi connectivity index (χ1v) is 9.75. The molecular formula is C26H22N2O4Zn. The van der Waals surface area contributed by atoms with E-state index in [0.717, 1.165) is 22.5 Å². The molecule has 0 radical (unpaired) electrons. The zero-order valence-corrected chi connectivity index (χ0v) is 21.4. The molecular weight excluding hydrogens is 470 g/mol. The van der Waals surface area contributed by atoms with Gasteiger partial charge in [0.25, 0.3) is 0 Å². The summed E-state index contributed by atoms with van der Waals surface area (Å²) in [5.74, 6) is -2.25. The topological polar surface area (TPSA) is 106 Å². The Morgan fingerprint density at radius 1 is 0.576 bits per heavy atom. The van der Waals surface area contributed by atoms with Crippen molar-refractivity contribution in [1.82, 2.24) is 9.97 Å². The minimum absolute atomic E-state index is 0. The van der Waals surface area contributed by atoms with E-state index in [9.17, 15) is 19.8 Å². The Morgan fingerprint density at radius 3 is 1.15 bits per heavy atom. The van der Waals surface area contributed by atoms with Crippen molar-refractivity contribution in [2.75, 3.05) is 0 Å². The molecule has 162 valence electrons. The number of hydrogen-bond donors (Lipinski definition) is 0. The van der Waals surface area contributed by atoms with Crippen molar-refractivity contribution in [2.24, 2.45) is 0 Å². The van der Waals surface area contributed by atoms with E-state index >= 15 is 0 Å². The minimum Gasteiger partial charge on any atom is -0.545 e. The van der Waals surface area contributed by atoms with Gasteiger partial charge in [0.05, 0.1) is 23.3 Å². The van der Waals surface area contributed by atoms with Crippen LogP contribution in [0.1, 0.15) is 31.8 Å². The second-order valence-corrected chi connectivity index (χ2v) is 6.74. The molecule has 7 heteroatoms. The van der Waals surface area contributed by atoms with E-state index < -0.39 is 11.9 Å². The summed E-state index contributed by atoms with van der Waals surface area (Å²) in [4.78, 5) is 28.8. The molecule has 4 aromatic rings. The van der Waals surface area contributed by atoms with Gasteiger partial charge in [0.1, 0.15) is 0 Å². The van der Waals surface area contributed by atoms with Gasteiger partial charge in [-0.25, -0.2) is 0 Å². The van der Waals surface area contributed by atoms with Gasteiger partial charge in [-0.1, -0.05) is 71.8 Å². The number of rotatable bonds is 3. The van der Waals surface area contributed by atoms with E-state index in [-0.39, 0.29) is 30.6 Å². The first-order valence-electron chi connectivity index (χ1n) is 9.75. The Labute approximate surface area is 205 Å². The number of aryl methyl sites for hydroxylation is 2. The molecule has 0 saturated carbocycles. The zero-order valence-electron chi connectivity index (χ0n) is 18.5. The van der Waals surface area contributed by atoms with Crippen molar-refractivity contribution in [1.29, 1.82) is 0 Å². The van der Waals surface area contributed by atoms with Gasteiger partial charge in [-0.05, 0) is 49.2 Å². The molecule has 2 aromatic heterocycles. The molecule has 33 heavy (non-hydrogen) atoms. The number of carboxylic acids is 2. The molecule has 4 rings (SSSR count). The summed E-state index contributed by atoms with van der Waals surface area (Å²) >= 11 is 0. The van der Waals surface area contributed by atoms with Crippen LogP contribution in [0.25, 0.3) is 11.4 Å². The third kappa shape index (κ3) is 9.98. The summed E-state index contributed by atoms with van der Waals surface area (Å²) in [5.41, 5.74) is 4.38.